The Hall–Kier alpha value is -2.86. The molecule has 0 N–H and O–H groups in total. The Kier molecular flexibility index (Phi) is 3.44. The molecule has 4 rings (SSSR count). The quantitative estimate of drug-likeness (QED) is 0.399. The molecule has 2 aliphatic rings. The van der Waals surface area contributed by atoms with Crippen LogP contribution in [0.5, 0.6) is 0 Å². The average molecular weight is 294 g/mol. The number of aryl methyl sites for hydroxylation is 1. The molecule has 0 saturated heterocycles. The molecule has 0 spiro atoms. The molecule has 2 aromatic rings. The summed E-state index contributed by atoms with van der Waals surface area (Å²) in [6, 6.07) is 32.5. The fourth-order valence-corrected chi connectivity index (χ4v) is 3.26. The van der Waals surface area contributed by atoms with E-state index in [4.69, 9.17) is 0 Å². The summed E-state index contributed by atoms with van der Waals surface area (Å²) in [5, 5.41) is 0. The van der Waals surface area contributed by atoms with Crippen LogP contribution in [-0.4, -0.2) is 0 Å². The molecule has 0 heterocycles. The monoisotopic (exact) mass is 294 g/mol. The molecule has 0 radical (unpaired) electrons. The Morgan fingerprint density at radius 1 is 0.435 bits per heavy atom. The summed E-state index contributed by atoms with van der Waals surface area (Å²) in [6.07, 6.45) is 0. The standard InChI is InChI=1S/C23H18/c1-17-15-22(18-9-4-2-5-10-18)20-13-8-14-21(20)23(16-17)19-11-6-3-7-12-19/h2-16H,1H3. The smallest absolute Gasteiger partial charge is 0.00991 e. The predicted molar refractivity (Wildman–Crippen MR) is 98.7 cm³/mol. The Balaban J connectivity index is 2.00. The first kappa shape index (κ1) is 13.8. The van der Waals surface area contributed by atoms with Gasteiger partial charge in [-0.25, -0.2) is 0 Å². The molecule has 0 aromatic heterocycles. The van der Waals surface area contributed by atoms with Gasteiger partial charge in [-0.3, -0.25) is 0 Å². The van der Waals surface area contributed by atoms with E-state index >= 15 is 0 Å². The second-order valence-electron chi connectivity index (χ2n) is 5.95. The summed E-state index contributed by atoms with van der Waals surface area (Å²) in [6.45, 7) is 2.18. The van der Waals surface area contributed by atoms with E-state index in [0.717, 1.165) is 0 Å². The van der Waals surface area contributed by atoms with Gasteiger partial charge in [-0.2, -0.15) is 0 Å². The third kappa shape index (κ3) is 2.53. The largest absolute Gasteiger partial charge is 0.0622 e. The fraction of sp³-hybridized carbons (Fsp3) is 0.0435. The van der Waals surface area contributed by atoms with Crippen molar-refractivity contribution >= 4 is 0 Å². The molecule has 2 aromatic carbocycles. The van der Waals surface area contributed by atoms with E-state index in [1.807, 2.05) is 0 Å². The van der Waals surface area contributed by atoms with E-state index in [9.17, 15) is 0 Å². The first-order valence-electron chi connectivity index (χ1n) is 7.97. The molecular weight excluding hydrogens is 276 g/mol. The van der Waals surface area contributed by atoms with Crippen molar-refractivity contribution in [2.45, 2.75) is 6.92 Å². The maximum atomic E-state index is 2.30. The molecule has 23 heavy (non-hydrogen) atoms. The normalized spacial score (nSPS) is 10.8. The zero-order chi connectivity index (χ0) is 15.6. The Labute approximate surface area is 137 Å². The van der Waals surface area contributed by atoms with Gasteiger partial charge in [0, 0.05) is 0 Å². The van der Waals surface area contributed by atoms with E-state index in [-0.39, 0.29) is 0 Å². The van der Waals surface area contributed by atoms with Crippen molar-refractivity contribution in [3.8, 4) is 33.4 Å². The lowest BCUT2D eigenvalue weighted by atomic mass is 9.96. The van der Waals surface area contributed by atoms with Crippen LogP contribution >= 0.6 is 0 Å². The van der Waals surface area contributed by atoms with Crippen molar-refractivity contribution in [1.29, 1.82) is 0 Å². The molecule has 0 heteroatoms. The van der Waals surface area contributed by atoms with Crippen LogP contribution in [0.4, 0.5) is 0 Å². The van der Waals surface area contributed by atoms with Crippen LogP contribution in [0.25, 0.3) is 33.4 Å². The topological polar surface area (TPSA) is 0 Å². The van der Waals surface area contributed by atoms with Gasteiger partial charge in [-0.15, -0.1) is 0 Å². The van der Waals surface area contributed by atoms with Gasteiger partial charge in [0.15, 0.2) is 0 Å². The van der Waals surface area contributed by atoms with Gasteiger partial charge in [0.25, 0.3) is 0 Å². The molecule has 0 amide bonds. The maximum Gasteiger partial charge on any atom is -0.00991 e. The summed E-state index contributed by atoms with van der Waals surface area (Å²) < 4.78 is 0. The van der Waals surface area contributed by atoms with Gasteiger partial charge >= 0.3 is 0 Å². The van der Waals surface area contributed by atoms with E-state index in [1.54, 1.807) is 0 Å². The van der Waals surface area contributed by atoms with E-state index in [2.05, 4.69) is 97.9 Å². The van der Waals surface area contributed by atoms with Crippen LogP contribution < -0.4 is 0 Å². The van der Waals surface area contributed by atoms with E-state index in [1.165, 1.54) is 38.9 Å². The van der Waals surface area contributed by atoms with Crippen molar-refractivity contribution in [2.75, 3.05) is 0 Å². The van der Waals surface area contributed by atoms with Crippen molar-refractivity contribution in [3.05, 3.63) is 96.6 Å². The van der Waals surface area contributed by atoms with Crippen molar-refractivity contribution in [2.24, 2.45) is 0 Å². The Morgan fingerprint density at radius 2 is 0.870 bits per heavy atom. The molecule has 2 aliphatic carbocycles. The summed E-state index contributed by atoms with van der Waals surface area (Å²) >= 11 is 0. The lowest BCUT2D eigenvalue weighted by molar-refractivity contribution is 1.50. The van der Waals surface area contributed by atoms with Crippen LogP contribution in [0.2, 0.25) is 0 Å². The summed E-state index contributed by atoms with van der Waals surface area (Å²) in [5.74, 6) is 0. The van der Waals surface area contributed by atoms with Gasteiger partial charge in [0.05, 0.1) is 0 Å². The fourth-order valence-electron chi connectivity index (χ4n) is 3.26. The van der Waals surface area contributed by atoms with Crippen molar-refractivity contribution in [3.63, 3.8) is 0 Å². The second kappa shape index (κ2) is 5.73. The van der Waals surface area contributed by atoms with E-state index < -0.39 is 0 Å². The van der Waals surface area contributed by atoms with Crippen LogP contribution in [0, 0.1) is 6.92 Å². The molecule has 0 atom stereocenters. The van der Waals surface area contributed by atoms with Crippen LogP contribution in [0.1, 0.15) is 5.56 Å². The molecule has 0 saturated carbocycles. The number of hydrogen-bond acceptors (Lipinski definition) is 0. The third-order valence-corrected chi connectivity index (χ3v) is 4.31. The summed E-state index contributed by atoms with van der Waals surface area (Å²) in [7, 11) is 0. The first-order valence-corrected chi connectivity index (χ1v) is 7.97. The zero-order valence-electron chi connectivity index (χ0n) is 13.2. The minimum absolute atomic E-state index is 1.27. The van der Waals surface area contributed by atoms with Gasteiger partial charge in [0.1, 0.15) is 0 Å². The maximum absolute atomic E-state index is 2.30. The summed E-state index contributed by atoms with van der Waals surface area (Å²) in [5.41, 5.74) is 9.02. The van der Waals surface area contributed by atoms with E-state index in [0.29, 0.717) is 0 Å². The summed E-state index contributed by atoms with van der Waals surface area (Å²) in [4.78, 5) is 0. The number of hydrogen-bond donors (Lipinski definition) is 0. The molecule has 0 nitrogen and oxygen atoms in total. The van der Waals surface area contributed by atoms with Crippen LogP contribution in [0.15, 0.2) is 91.0 Å². The molecule has 0 aliphatic heterocycles. The van der Waals surface area contributed by atoms with Crippen LogP contribution in [0.3, 0.4) is 0 Å². The highest BCUT2D eigenvalue weighted by atomic mass is 14.2. The molecular formula is C23H18. The lowest BCUT2D eigenvalue weighted by Crippen LogP contribution is -1.81. The predicted octanol–water partition coefficient (Wildman–Crippen LogP) is 6.43. The molecule has 0 bridgehead atoms. The van der Waals surface area contributed by atoms with Crippen LogP contribution in [-0.2, 0) is 0 Å². The van der Waals surface area contributed by atoms with Crippen molar-refractivity contribution in [1.82, 2.24) is 0 Å². The van der Waals surface area contributed by atoms with Gasteiger partial charge in [-0.05, 0) is 45.9 Å². The Morgan fingerprint density at radius 3 is 1.30 bits per heavy atom. The van der Waals surface area contributed by atoms with Gasteiger partial charge in [-0.1, -0.05) is 91.0 Å². The third-order valence-electron chi connectivity index (χ3n) is 4.31. The Bertz CT molecular complexity index is 831. The number of fused-ring (bicyclic) bond motifs is 1. The number of rotatable bonds is 2. The molecule has 0 fully saturated rings. The molecule has 110 valence electrons. The second-order valence-corrected chi connectivity index (χ2v) is 5.95. The zero-order valence-corrected chi connectivity index (χ0v) is 13.2. The van der Waals surface area contributed by atoms with Gasteiger partial charge in [0.2, 0.25) is 0 Å². The first-order chi connectivity index (χ1) is 11.3. The minimum atomic E-state index is 1.27. The SMILES string of the molecule is Cc1cc(-c2ccccc2)c2cccc-2c(-c2ccccc2)c1. The molecule has 0 unspecified atom stereocenters. The lowest BCUT2D eigenvalue weighted by Gasteiger charge is -2.08. The highest BCUT2D eigenvalue weighted by Crippen LogP contribution is 2.40. The van der Waals surface area contributed by atoms with Crippen molar-refractivity contribution < 1.29 is 0 Å². The highest BCUT2D eigenvalue weighted by Gasteiger charge is 2.14. The average Bonchev–Trinajstić information content (AvgIpc) is 3.03. The minimum Gasteiger partial charge on any atom is -0.0622 e. The number of benzene rings is 2. The highest BCUT2D eigenvalue weighted by molar-refractivity contribution is 5.93. The van der Waals surface area contributed by atoms with Gasteiger partial charge < -0.3 is 0 Å².